The van der Waals surface area contributed by atoms with E-state index in [-0.39, 0.29) is 0 Å². The second-order valence-electron chi connectivity index (χ2n) is 5.16. The number of para-hydroxylation sites is 2. The Morgan fingerprint density at radius 2 is 1.12 bits per heavy atom. The molecule has 0 aromatic heterocycles. The summed E-state index contributed by atoms with van der Waals surface area (Å²) in [6.45, 7) is 0. The van der Waals surface area contributed by atoms with Crippen molar-refractivity contribution in [2.45, 2.75) is 0 Å². The van der Waals surface area contributed by atoms with E-state index < -0.39 is 7.92 Å². The fourth-order valence-electron chi connectivity index (χ4n) is 2.63. The average Bonchev–Trinajstić information content (AvgIpc) is 2.64. The first-order chi connectivity index (χ1) is 11.7. The van der Waals surface area contributed by atoms with Crippen molar-refractivity contribution in [3.05, 3.63) is 77.8 Å². The number of ether oxygens (including phenoxy) is 2. The molecule has 3 aromatic rings. The van der Waals surface area contributed by atoms with Crippen molar-refractivity contribution in [1.82, 2.24) is 0 Å². The Kier molecular flexibility index (Phi) is 5.40. The molecule has 0 fully saturated rings. The summed E-state index contributed by atoms with van der Waals surface area (Å²) >= 11 is 6.08. The van der Waals surface area contributed by atoms with Gasteiger partial charge in [-0.2, -0.15) is 0 Å². The molecule has 0 spiro atoms. The van der Waals surface area contributed by atoms with E-state index in [0.29, 0.717) is 0 Å². The van der Waals surface area contributed by atoms with Crippen LogP contribution in [-0.2, 0) is 0 Å². The summed E-state index contributed by atoms with van der Waals surface area (Å²) < 4.78 is 11.2. The second kappa shape index (κ2) is 7.70. The second-order valence-corrected chi connectivity index (χ2v) is 7.74. The highest BCUT2D eigenvalue weighted by Crippen LogP contribution is 2.39. The third kappa shape index (κ3) is 3.40. The molecule has 0 heterocycles. The largest absolute Gasteiger partial charge is 0.496 e. The molecule has 0 saturated carbocycles. The van der Waals surface area contributed by atoms with Crippen LogP contribution in [0.25, 0.3) is 0 Å². The molecule has 24 heavy (non-hydrogen) atoms. The molecule has 0 bridgehead atoms. The Morgan fingerprint density at radius 1 is 0.667 bits per heavy atom. The van der Waals surface area contributed by atoms with Crippen LogP contribution in [0, 0.1) is 0 Å². The molecule has 0 saturated heterocycles. The van der Waals surface area contributed by atoms with Gasteiger partial charge in [0.25, 0.3) is 0 Å². The molecule has 0 amide bonds. The van der Waals surface area contributed by atoms with Gasteiger partial charge in [-0.1, -0.05) is 60.1 Å². The van der Waals surface area contributed by atoms with Crippen LogP contribution in [0.5, 0.6) is 11.5 Å². The molecule has 2 nitrogen and oxygen atoms in total. The van der Waals surface area contributed by atoms with Crippen molar-refractivity contribution in [3.63, 3.8) is 0 Å². The van der Waals surface area contributed by atoms with Crippen molar-refractivity contribution >= 4 is 35.4 Å². The molecule has 0 N–H and O–H groups in total. The van der Waals surface area contributed by atoms with E-state index in [0.717, 1.165) is 27.1 Å². The Morgan fingerprint density at radius 3 is 1.58 bits per heavy atom. The Labute approximate surface area is 148 Å². The summed E-state index contributed by atoms with van der Waals surface area (Å²) in [5.41, 5.74) is 0. The van der Waals surface area contributed by atoms with Crippen LogP contribution >= 0.6 is 19.5 Å². The zero-order valence-electron chi connectivity index (χ0n) is 13.6. The highest BCUT2D eigenvalue weighted by atomic mass is 35.5. The smallest absolute Gasteiger partial charge is 0.127 e. The first-order valence-electron chi connectivity index (χ1n) is 7.56. The fraction of sp³-hybridized carbons (Fsp3) is 0.100. The molecule has 0 atom stereocenters. The van der Waals surface area contributed by atoms with Crippen molar-refractivity contribution in [2.75, 3.05) is 14.2 Å². The molecule has 0 unspecified atom stereocenters. The van der Waals surface area contributed by atoms with Gasteiger partial charge in [-0.05, 0) is 37.5 Å². The maximum absolute atomic E-state index is 6.08. The first kappa shape index (κ1) is 16.8. The monoisotopic (exact) mass is 356 g/mol. The zero-order valence-corrected chi connectivity index (χ0v) is 15.2. The van der Waals surface area contributed by atoms with Crippen LogP contribution in [0.3, 0.4) is 0 Å². The quantitative estimate of drug-likeness (QED) is 0.640. The van der Waals surface area contributed by atoms with Gasteiger partial charge >= 0.3 is 0 Å². The number of methoxy groups -OCH3 is 2. The van der Waals surface area contributed by atoms with Gasteiger partial charge in [-0.15, -0.1) is 0 Å². The number of benzene rings is 3. The zero-order chi connectivity index (χ0) is 16.9. The predicted octanol–water partition coefficient (Wildman–Crippen LogP) is 4.12. The maximum Gasteiger partial charge on any atom is 0.127 e. The molecular weight excluding hydrogens is 339 g/mol. The lowest BCUT2D eigenvalue weighted by atomic mass is 10.3. The van der Waals surface area contributed by atoms with Crippen molar-refractivity contribution in [2.24, 2.45) is 0 Å². The van der Waals surface area contributed by atoms with Gasteiger partial charge in [-0.3, -0.25) is 0 Å². The standard InChI is InChI=1S/C20H18ClO2P/c1-22-17-7-3-5-9-19(17)24(16-13-11-15(21)12-14-16)20-10-6-4-8-18(20)23-2/h3-14H,1-2H3. The minimum absolute atomic E-state index is 0.730. The summed E-state index contributed by atoms with van der Waals surface area (Å²) in [5.74, 6) is 1.76. The predicted molar refractivity (Wildman–Crippen MR) is 103 cm³/mol. The Balaban J connectivity index is 2.23. The molecule has 0 aliphatic carbocycles. The minimum Gasteiger partial charge on any atom is -0.496 e. The van der Waals surface area contributed by atoms with Gasteiger partial charge in [0.2, 0.25) is 0 Å². The van der Waals surface area contributed by atoms with E-state index in [1.54, 1.807) is 14.2 Å². The van der Waals surface area contributed by atoms with E-state index in [4.69, 9.17) is 21.1 Å². The van der Waals surface area contributed by atoms with E-state index in [9.17, 15) is 0 Å². The molecular formula is C20H18ClO2P. The van der Waals surface area contributed by atoms with Crippen molar-refractivity contribution in [1.29, 1.82) is 0 Å². The summed E-state index contributed by atoms with van der Waals surface area (Å²) in [7, 11) is 2.59. The number of hydrogen-bond donors (Lipinski definition) is 0. The summed E-state index contributed by atoms with van der Waals surface area (Å²) in [4.78, 5) is 0. The Bertz CT molecular complexity index is 770. The highest BCUT2D eigenvalue weighted by molar-refractivity contribution is 7.80. The number of halogens is 1. The normalized spacial score (nSPS) is 10.7. The Hall–Kier alpha value is -2.02. The van der Waals surface area contributed by atoms with Crippen LogP contribution in [-0.4, -0.2) is 14.2 Å². The van der Waals surface area contributed by atoms with Crippen LogP contribution in [0.4, 0.5) is 0 Å². The van der Waals surface area contributed by atoms with Gasteiger partial charge in [-0.25, -0.2) is 0 Å². The highest BCUT2D eigenvalue weighted by Gasteiger charge is 2.22. The topological polar surface area (TPSA) is 18.5 Å². The third-order valence-corrected chi connectivity index (χ3v) is 6.51. The summed E-state index contributed by atoms with van der Waals surface area (Å²) in [5, 5.41) is 4.24. The van der Waals surface area contributed by atoms with Gasteiger partial charge in [0.05, 0.1) is 14.2 Å². The third-order valence-electron chi connectivity index (χ3n) is 3.74. The number of hydrogen-bond acceptors (Lipinski definition) is 2. The van der Waals surface area contributed by atoms with Crippen LogP contribution in [0.2, 0.25) is 5.02 Å². The summed E-state index contributed by atoms with van der Waals surface area (Å²) in [6, 6.07) is 24.3. The van der Waals surface area contributed by atoms with Crippen LogP contribution < -0.4 is 25.4 Å². The molecule has 122 valence electrons. The van der Waals surface area contributed by atoms with Gasteiger partial charge in [0, 0.05) is 15.6 Å². The maximum atomic E-state index is 6.08. The SMILES string of the molecule is COc1ccccc1P(c1ccc(Cl)cc1)c1ccccc1OC. The molecule has 4 heteroatoms. The van der Waals surface area contributed by atoms with Crippen molar-refractivity contribution < 1.29 is 9.47 Å². The summed E-state index contributed by atoms with van der Waals surface area (Å²) in [6.07, 6.45) is 0. The molecule has 0 aliphatic heterocycles. The van der Waals surface area contributed by atoms with Gasteiger partial charge in [0.15, 0.2) is 0 Å². The molecule has 0 aliphatic rings. The number of rotatable bonds is 5. The van der Waals surface area contributed by atoms with Gasteiger partial charge in [0.1, 0.15) is 11.5 Å². The first-order valence-corrected chi connectivity index (χ1v) is 9.28. The van der Waals surface area contributed by atoms with Crippen molar-refractivity contribution in [3.8, 4) is 11.5 Å². The van der Waals surface area contributed by atoms with E-state index >= 15 is 0 Å². The fourth-order valence-corrected chi connectivity index (χ4v) is 5.26. The lowest BCUT2D eigenvalue weighted by Gasteiger charge is -2.23. The lowest BCUT2D eigenvalue weighted by Crippen LogP contribution is -2.23. The minimum atomic E-state index is -0.820. The molecule has 0 radical (unpaired) electrons. The van der Waals surface area contributed by atoms with E-state index in [1.807, 2.05) is 48.5 Å². The average molecular weight is 357 g/mol. The van der Waals surface area contributed by atoms with Crippen LogP contribution in [0.1, 0.15) is 0 Å². The lowest BCUT2D eigenvalue weighted by molar-refractivity contribution is 0.417. The van der Waals surface area contributed by atoms with E-state index in [1.165, 1.54) is 5.30 Å². The van der Waals surface area contributed by atoms with E-state index in [2.05, 4.69) is 24.3 Å². The molecule has 3 aromatic carbocycles. The van der Waals surface area contributed by atoms with Gasteiger partial charge < -0.3 is 9.47 Å². The molecule has 3 rings (SSSR count). The van der Waals surface area contributed by atoms with Crippen LogP contribution in [0.15, 0.2) is 72.8 Å².